The maximum Gasteiger partial charge on any atom is 0.333 e. The summed E-state index contributed by atoms with van der Waals surface area (Å²) < 4.78 is 32.2. The van der Waals surface area contributed by atoms with Crippen LogP contribution in [0.4, 0.5) is 0 Å². The van der Waals surface area contributed by atoms with Gasteiger partial charge in [0.25, 0.3) is 11.0 Å². The first-order chi connectivity index (χ1) is 9.81. The average Bonchev–Trinajstić information content (AvgIpc) is 2.34. The maximum atomic E-state index is 11.9. The summed E-state index contributed by atoms with van der Waals surface area (Å²) in [4.78, 5) is 11.9. The van der Waals surface area contributed by atoms with Gasteiger partial charge in [-0.15, -0.1) is 0 Å². The van der Waals surface area contributed by atoms with E-state index in [0.29, 0.717) is 17.4 Å². The van der Waals surface area contributed by atoms with Gasteiger partial charge in [0.05, 0.1) is 6.61 Å². The second-order valence-corrected chi connectivity index (χ2v) is 8.02. The van der Waals surface area contributed by atoms with Crippen molar-refractivity contribution in [2.75, 3.05) is 6.61 Å². The molecule has 0 aromatic rings. The van der Waals surface area contributed by atoms with Crippen LogP contribution in [0.3, 0.4) is 0 Å². The van der Waals surface area contributed by atoms with Gasteiger partial charge < -0.3 is 4.74 Å². The van der Waals surface area contributed by atoms with Crippen molar-refractivity contribution in [1.82, 2.24) is 0 Å². The van der Waals surface area contributed by atoms with Crippen molar-refractivity contribution in [3.05, 3.63) is 12.2 Å². The average molecular weight is 314 g/mol. The minimum Gasteiger partial charge on any atom is -0.456 e. The highest BCUT2D eigenvalue weighted by molar-refractivity contribution is 7.67. The zero-order chi connectivity index (χ0) is 15.3. The highest BCUT2D eigenvalue weighted by Gasteiger charge is 2.59. The van der Waals surface area contributed by atoms with E-state index in [2.05, 4.69) is 6.58 Å². The fraction of sp³-hybridized carbons (Fsp3) is 0.800. The molecular formula is C15H22O5S. The smallest absolute Gasteiger partial charge is 0.333 e. The lowest BCUT2D eigenvalue weighted by atomic mass is 9.48. The van der Waals surface area contributed by atoms with Crippen LogP contribution in [0, 0.1) is 17.3 Å². The summed E-state index contributed by atoms with van der Waals surface area (Å²) in [5.74, 6) is 0.692. The summed E-state index contributed by atoms with van der Waals surface area (Å²) in [6, 6.07) is 0. The first-order valence-corrected chi connectivity index (χ1v) is 8.57. The van der Waals surface area contributed by atoms with Crippen molar-refractivity contribution in [3.63, 3.8) is 0 Å². The fourth-order valence-corrected chi connectivity index (χ4v) is 5.51. The number of rotatable bonds is 5. The van der Waals surface area contributed by atoms with E-state index in [1.807, 2.05) is 0 Å². The Labute approximate surface area is 126 Å². The van der Waals surface area contributed by atoms with E-state index >= 15 is 0 Å². The van der Waals surface area contributed by atoms with Crippen LogP contribution < -0.4 is 0 Å². The Balaban J connectivity index is 1.81. The molecule has 4 bridgehead atoms. The quantitative estimate of drug-likeness (QED) is 0.477. The van der Waals surface area contributed by atoms with Gasteiger partial charge in [0.1, 0.15) is 5.60 Å². The lowest BCUT2D eigenvalue weighted by Crippen LogP contribution is -2.58. The lowest BCUT2D eigenvalue weighted by molar-refractivity contribution is -0.202. The number of ether oxygens (including phenoxy) is 1. The third-order valence-corrected chi connectivity index (χ3v) is 5.60. The molecule has 4 saturated carbocycles. The van der Waals surface area contributed by atoms with E-state index in [0.717, 1.165) is 38.5 Å². The van der Waals surface area contributed by atoms with E-state index < -0.39 is 16.6 Å². The summed E-state index contributed by atoms with van der Waals surface area (Å²) in [7, 11) is -2.82. The zero-order valence-corrected chi connectivity index (χ0v) is 13.2. The van der Waals surface area contributed by atoms with Gasteiger partial charge in [-0.25, -0.2) is 13.2 Å². The molecule has 0 heterocycles. The molecule has 0 N–H and O–H groups in total. The number of carbonyl (C=O) groups is 1. The van der Waals surface area contributed by atoms with Gasteiger partial charge in [-0.1, -0.05) is 6.58 Å². The van der Waals surface area contributed by atoms with E-state index in [1.54, 1.807) is 6.92 Å². The molecule has 0 saturated heterocycles. The number of thiol groups is 1. The first-order valence-electron chi connectivity index (χ1n) is 7.48. The molecule has 0 aromatic carbocycles. The molecule has 2 atom stereocenters. The molecule has 0 aromatic heterocycles. The van der Waals surface area contributed by atoms with Crippen LogP contribution in [0.1, 0.15) is 45.4 Å². The second kappa shape index (κ2) is 5.09. The monoisotopic (exact) mass is 314 g/mol. The molecule has 4 fully saturated rings. The van der Waals surface area contributed by atoms with E-state index in [-0.39, 0.29) is 18.0 Å². The minimum atomic E-state index is -2.82. The molecule has 0 amide bonds. The van der Waals surface area contributed by atoms with Crippen molar-refractivity contribution in [3.8, 4) is 0 Å². The Hall–Kier alpha value is -0.880. The van der Waals surface area contributed by atoms with E-state index in [1.165, 1.54) is 0 Å². The molecule has 2 unspecified atom stereocenters. The Morgan fingerprint density at radius 2 is 1.86 bits per heavy atom. The van der Waals surface area contributed by atoms with Crippen molar-refractivity contribution >= 4 is 17.0 Å². The molecule has 6 heteroatoms. The van der Waals surface area contributed by atoms with Crippen LogP contribution >= 0.6 is 0 Å². The summed E-state index contributed by atoms with van der Waals surface area (Å²) in [5, 5.41) is 0. The van der Waals surface area contributed by atoms with Crippen LogP contribution in [0.5, 0.6) is 0 Å². The van der Waals surface area contributed by atoms with Crippen LogP contribution in [0.15, 0.2) is 12.2 Å². The second-order valence-electron chi connectivity index (χ2n) is 7.31. The summed E-state index contributed by atoms with van der Waals surface area (Å²) in [6.45, 7) is 5.53. The minimum absolute atomic E-state index is 0.144. The van der Waals surface area contributed by atoms with Gasteiger partial charge in [0.15, 0.2) is 0 Å². The van der Waals surface area contributed by atoms with E-state index in [9.17, 15) is 13.2 Å². The summed E-state index contributed by atoms with van der Waals surface area (Å²) in [5.41, 5.74) is -0.161. The summed E-state index contributed by atoms with van der Waals surface area (Å²) in [6.07, 6.45) is 5.65. The van der Waals surface area contributed by atoms with Gasteiger partial charge in [0, 0.05) is 5.57 Å². The molecule has 4 rings (SSSR count). The predicted molar refractivity (Wildman–Crippen MR) is 77.0 cm³/mol. The summed E-state index contributed by atoms with van der Waals surface area (Å²) >= 11 is 0. The van der Waals surface area contributed by atoms with Crippen molar-refractivity contribution in [2.24, 2.45) is 17.3 Å². The van der Waals surface area contributed by atoms with Gasteiger partial charge in [-0.2, -0.15) is 0 Å². The Morgan fingerprint density at radius 3 is 2.38 bits per heavy atom. The highest BCUT2D eigenvalue weighted by atomic mass is 32.2. The Bertz CT molecular complexity index is 528. The van der Waals surface area contributed by atoms with Crippen molar-refractivity contribution < 1.29 is 22.1 Å². The highest BCUT2D eigenvalue weighted by Crippen LogP contribution is 2.62. The fourth-order valence-electron chi connectivity index (χ4n) is 5.13. The largest absolute Gasteiger partial charge is 0.456 e. The maximum absolute atomic E-state index is 11.9. The Kier molecular flexibility index (Phi) is 3.64. The van der Waals surface area contributed by atoms with Gasteiger partial charge in [-0.05, 0) is 62.7 Å². The third-order valence-electron chi connectivity index (χ3n) is 5.26. The van der Waals surface area contributed by atoms with Crippen LogP contribution in [-0.4, -0.2) is 26.6 Å². The lowest BCUT2D eigenvalue weighted by Gasteiger charge is -2.60. The number of hydrogen-bond acceptors (Lipinski definition) is 5. The molecule has 0 radical (unpaired) electrons. The molecule has 4 aliphatic carbocycles. The first kappa shape index (κ1) is 15.0. The molecule has 0 aliphatic heterocycles. The number of carbonyl (C=O) groups excluding carboxylic acids is 1. The standard InChI is InChI=1S/C15H22O5S/c1-10(2)13(16)20-15-6-11-3-12(7-15)5-14(4-11,8-15)9-19-21(17)18/h11-12,21H,1,3-9H2,2H3. The zero-order valence-electron chi connectivity index (χ0n) is 12.3. The Morgan fingerprint density at radius 1 is 1.24 bits per heavy atom. The molecule has 118 valence electrons. The van der Waals surface area contributed by atoms with Gasteiger partial charge in [-0.3, -0.25) is 4.18 Å². The molecule has 5 nitrogen and oxygen atoms in total. The normalized spacial score (nSPS) is 40.5. The van der Waals surface area contributed by atoms with Crippen LogP contribution in [-0.2, 0) is 24.7 Å². The SMILES string of the molecule is C=C(C)C(=O)OC12CC3CC(CC(CO[SH](=O)=O)(C3)C1)C2. The van der Waals surface area contributed by atoms with Crippen molar-refractivity contribution in [2.45, 2.75) is 51.0 Å². The topological polar surface area (TPSA) is 69.7 Å². The number of hydrogen-bond donors (Lipinski definition) is 1. The third kappa shape index (κ3) is 2.88. The molecule has 0 spiro atoms. The molecule has 4 aliphatic rings. The van der Waals surface area contributed by atoms with Crippen LogP contribution in [0.2, 0.25) is 0 Å². The van der Waals surface area contributed by atoms with E-state index in [4.69, 9.17) is 8.92 Å². The molecular weight excluding hydrogens is 292 g/mol. The van der Waals surface area contributed by atoms with Gasteiger partial charge in [0.2, 0.25) is 0 Å². The predicted octanol–water partition coefficient (Wildman–Crippen LogP) is 1.99. The number of esters is 1. The molecule has 21 heavy (non-hydrogen) atoms. The van der Waals surface area contributed by atoms with Gasteiger partial charge >= 0.3 is 5.97 Å². The van der Waals surface area contributed by atoms with Crippen LogP contribution in [0.25, 0.3) is 0 Å². The van der Waals surface area contributed by atoms with Crippen molar-refractivity contribution in [1.29, 1.82) is 0 Å².